The standard InChI is InChI=1S/C19H24N4O5S/c1-4-6-11-23-17-16(18(24)21-19(23)25)22(5-2)15(20-17)12-28-13-7-9-14(10-8-13)29(3,26)27/h7-10H,4-6,11-12H2,1-3H3,(H,21,24,25). The molecule has 0 unspecified atom stereocenters. The van der Waals surface area contributed by atoms with Crippen molar-refractivity contribution in [3.05, 3.63) is 50.9 Å². The van der Waals surface area contributed by atoms with Gasteiger partial charge in [0.1, 0.15) is 18.2 Å². The lowest BCUT2D eigenvalue weighted by atomic mass is 10.3. The molecule has 0 spiro atoms. The first-order chi connectivity index (χ1) is 13.8. The maximum absolute atomic E-state index is 12.4. The molecule has 0 radical (unpaired) electrons. The average Bonchev–Trinajstić information content (AvgIpc) is 3.04. The van der Waals surface area contributed by atoms with Crippen molar-refractivity contribution in [2.75, 3.05) is 6.26 Å². The molecule has 0 aliphatic carbocycles. The van der Waals surface area contributed by atoms with Gasteiger partial charge in [-0.05, 0) is 37.6 Å². The summed E-state index contributed by atoms with van der Waals surface area (Å²) in [6.07, 6.45) is 2.83. The number of ether oxygens (including phenoxy) is 1. The van der Waals surface area contributed by atoms with Crippen molar-refractivity contribution < 1.29 is 13.2 Å². The van der Waals surface area contributed by atoms with E-state index in [9.17, 15) is 18.0 Å². The number of rotatable bonds is 8. The van der Waals surface area contributed by atoms with Crippen molar-refractivity contribution in [3.63, 3.8) is 0 Å². The number of imidazole rings is 1. The number of hydrogen-bond donors (Lipinski definition) is 1. The Balaban J connectivity index is 1.96. The van der Waals surface area contributed by atoms with Crippen LogP contribution in [0.15, 0.2) is 38.8 Å². The fourth-order valence-electron chi connectivity index (χ4n) is 3.12. The zero-order valence-electron chi connectivity index (χ0n) is 16.6. The second-order valence-corrected chi connectivity index (χ2v) is 8.76. The van der Waals surface area contributed by atoms with Crippen molar-refractivity contribution in [2.24, 2.45) is 0 Å². The molecule has 156 valence electrons. The van der Waals surface area contributed by atoms with Gasteiger partial charge in [-0.1, -0.05) is 13.3 Å². The summed E-state index contributed by atoms with van der Waals surface area (Å²) in [7, 11) is -3.28. The monoisotopic (exact) mass is 420 g/mol. The van der Waals surface area contributed by atoms with E-state index in [1.807, 2.05) is 13.8 Å². The van der Waals surface area contributed by atoms with Crippen molar-refractivity contribution in [1.82, 2.24) is 19.1 Å². The van der Waals surface area contributed by atoms with Gasteiger partial charge in [0.2, 0.25) is 0 Å². The summed E-state index contributed by atoms with van der Waals surface area (Å²) in [5.74, 6) is 0.987. The van der Waals surface area contributed by atoms with Crippen LogP contribution in [0.2, 0.25) is 0 Å². The summed E-state index contributed by atoms with van der Waals surface area (Å²) in [4.78, 5) is 31.7. The van der Waals surface area contributed by atoms with Crippen molar-refractivity contribution in [3.8, 4) is 5.75 Å². The predicted octanol–water partition coefficient (Wildman–Crippen LogP) is 1.69. The maximum atomic E-state index is 12.4. The molecule has 0 saturated carbocycles. The summed E-state index contributed by atoms with van der Waals surface area (Å²) in [6, 6.07) is 6.08. The third kappa shape index (κ3) is 4.26. The average molecular weight is 420 g/mol. The fraction of sp³-hybridized carbons (Fsp3) is 0.421. The smallest absolute Gasteiger partial charge is 0.330 e. The van der Waals surface area contributed by atoms with Crippen LogP contribution in [0.1, 0.15) is 32.5 Å². The maximum Gasteiger partial charge on any atom is 0.330 e. The molecule has 9 nitrogen and oxygen atoms in total. The largest absolute Gasteiger partial charge is 0.486 e. The summed E-state index contributed by atoms with van der Waals surface area (Å²) in [5.41, 5.74) is -0.259. The van der Waals surface area contributed by atoms with E-state index in [1.54, 1.807) is 16.7 Å². The zero-order valence-corrected chi connectivity index (χ0v) is 17.5. The van der Waals surface area contributed by atoms with Gasteiger partial charge in [-0.2, -0.15) is 0 Å². The summed E-state index contributed by atoms with van der Waals surface area (Å²) in [5, 5.41) is 0. The highest BCUT2D eigenvalue weighted by molar-refractivity contribution is 7.90. The molecule has 0 saturated heterocycles. The molecule has 29 heavy (non-hydrogen) atoms. The second-order valence-electron chi connectivity index (χ2n) is 6.74. The highest BCUT2D eigenvalue weighted by atomic mass is 32.2. The highest BCUT2D eigenvalue weighted by Crippen LogP contribution is 2.18. The van der Waals surface area contributed by atoms with Gasteiger partial charge >= 0.3 is 5.69 Å². The van der Waals surface area contributed by atoms with Crippen LogP contribution in [0.25, 0.3) is 11.2 Å². The third-order valence-corrected chi connectivity index (χ3v) is 5.76. The van der Waals surface area contributed by atoms with E-state index >= 15 is 0 Å². The van der Waals surface area contributed by atoms with E-state index in [0.29, 0.717) is 35.8 Å². The SMILES string of the molecule is CCCCn1c(=O)[nH]c(=O)c2c1nc(COc1ccc(S(C)(=O)=O)cc1)n2CC. The van der Waals surface area contributed by atoms with Crippen LogP contribution in [0.5, 0.6) is 5.75 Å². The lowest BCUT2D eigenvalue weighted by Gasteiger charge is -2.08. The van der Waals surface area contributed by atoms with E-state index in [2.05, 4.69) is 9.97 Å². The summed E-state index contributed by atoms with van der Waals surface area (Å²) < 4.78 is 32.1. The molecule has 2 heterocycles. The fourth-order valence-corrected chi connectivity index (χ4v) is 3.75. The molecular formula is C19H24N4O5S. The van der Waals surface area contributed by atoms with E-state index in [1.165, 1.54) is 16.7 Å². The number of nitrogens with zero attached hydrogens (tertiary/aromatic N) is 3. The van der Waals surface area contributed by atoms with Crippen LogP contribution in [-0.2, 0) is 29.5 Å². The molecule has 1 aromatic carbocycles. The zero-order chi connectivity index (χ0) is 21.2. The number of benzene rings is 1. The Hall–Kier alpha value is -2.88. The number of hydrogen-bond acceptors (Lipinski definition) is 6. The minimum Gasteiger partial charge on any atom is -0.486 e. The number of aryl methyl sites for hydroxylation is 2. The highest BCUT2D eigenvalue weighted by Gasteiger charge is 2.18. The minimum absolute atomic E-state index is 0.0716. The Labute approximate surface area is 167 Å². The molecule has 10 heteroatoms. The van der Waals surface area contributed by atoms with E-state index in [-0.39, 0.29) is 11.5 Å². The van der Waals surface area contributed by atoms with Gasteiger partial charge in [0.05, 0.1) is 4.90 Å². The van der Waals surface area contributed by atoms with Gasteiger partial charge in [0, 0.05) is 19.3 Å². The molecule has 0 aliphatic heterocycles. The van der Waals surface area contributed by atoms with Gasteiger partial charge in [-0.25, -0.2) is 18.2 Å². The van der Waals surface area contributed by atoms with E-state index in [4.69, 9.17) is 4.74 Å². The van der Waals surface area contributed by atoms with Crippen LogP contribution in [0.3, 0.4) is 0 Å². The van der Waals surface area contributed by atoms with Crippen LogP contribution in [0, 0.1) is 0 Å². The lowest BCUT2D eigenvalue weighted by molar-refractivity contribution is 0.290. The number of sulfone groups is 1. The van der Waals surface area contributed by atoms with Crippen LogP contribution in [0.4, 0.5) is 0 Å². The Morgan fingerprint density at radius 2 is 1.79 bits per heavy atom. The van der Waals surface area contributed by atoms with Gasteiger partial charge in [-0.3, -0.25) is 14.3 Å². The third-order valence-electron chi connectivity index (χ3n) is 4.64. The first kappa shape index (κ1) is 20.8. The number of fused-ring (bicyclic) bond motifs is 1. The van der Waals surface area contributed by atoms with Crippen LogP contribution >= 0.6 is 0 Å². The Kier molecular flexibility index (Phi) is 5.92. The van der Waals surface area contributed by atoms with Gasteiger partial charge in [0.25, 0.3) is 5.56 Å². The quantitative estimate of drug-likeness (QED) is 0.593. The minimum atomic E-state index is -3.28. The van der Waals surface area contributed by atoms with Gasteiger partial charge in [-0.15, -0.1) is 0 Å². The molecule has 3 rings (SSSR count). The lowest BCUT2D eigenvalue weighted by Crippen LogP contribution is -2.31. The predicted molar refractivity (Wildman–Crippen MR) is 109 cm³/mol. The topological polar surface area (TPSA) is 116 Å². The second kappa shape index (κ2) is 8.24. The summed E-state index contributed by atoms with van der Waals surface area (Å²) >= 11 is 0. The Morgan fingerprint density at radius 3 is 2.38 bits per heavy atom. The molecule has 3 aromatic rings. The normalized spacial score (nSPS) is 11.8. The number of aromatic nitrogens is 4. The Morgan fingerprint density at radius 1 is 1.10 bits per heavy atom. The molecule has 1 N–H and O–H groups in total. The van der Waals surface area contributed by atoms with Gasteiger partial charge in [0.15, 0.2) is 21.0 Å². The Bertz CT molecular complexity index is 1240. The van der Waals surface area contributed by atoms with Crippen LogP contribution < -0.4 is 16.0 Å². The van der Waals surface area contributed by atoms with Crippen molar-refractivity contribution >= 4 is 21.0 Å². The van der Waals surface area contributed by atoms with E-state index in [0.717, 1.165) is 19.1 Å². The van der Waals surface area contributed by atoms with Crippen LogP contribution in [-0.4, -0.2) is 33.8 Å². The molecule has 0 bridgehead atoms. The molecule has 0 amide bonds. The number of H-pyrrole nitrogens is 1. The van der Waals surface area contributed by atoms with E-state index < -0.39 is 21.1 Å². The molecule has 2 aromatic heterocycles. The summed E-state index contributed by atoms with van der Waals surface area (Å²) in [6.45, 7) is 4.93. The van der Waals surface area contributed by atoms with Crippen molar-refractivity contribution in [1.29, 1.82) is 0 Å². The number of nitrogens with one attached hydrogen (secondary N) is 1. The first-order valence-corrected chi connectivity index (χ1v) is 11.3. The molecule has 0 aliphatic rings. The number of aromatic amines is 1. The van der Waals surface area contributed by atoms with Gasteiger partial charge < -0.3 is 9.30 Å². The molecule has 0 atom stereocenters. The number of unbranched alkanes of at least 4 members (excludes halogenated alkanes) is 1. The molecule has 0 fully saturated rings. The first-order valence-electron chi connectivity index (χ1n) is 9.41. The molecular weight excluding hydrogens is 396 g/mol. The van der Waals surface area contributed by atoms with Crippen molar-refractivity contribution in [2.45, 2.75) is 51.3 Å².